The number of hydrogen-bond acceptors (Lipinski definition) is 2. The first-order valence-corrected chi connectivity index (χ1v) is 6.71. The molecule has 0 bridgehead atoms. The van der Waals surface area contributed by atoms with E-state index in [9.17, 15) is 0 Å². The molecular weight excluding hydrogens is 208 g/mol. The minimum Gasteiger partial charge on any atom is -0.310 e. The van der Waals surface area contributed by atoms with Crippen molar-refractivity contribution in [3.05, 3.63) is 29.6 Å². The lowest BCUT2D eigenvalue weighted by molar-refractivity contribution is 0.303. The largest absolute Gasteiger partial charge is 0.310 e. The smallest absolute Gasteiger partial charge is 0.0363 e. The molecule has 0 aliphatic carbocycles. The van der Waals surface area contributed by atoms with Gasteiger partial charge in [-0.25, -0.2) is 0 Å². The van der Waals surface area contributed by atoms with E-state index in [0.29, 0.717) is 17.9 Å². The Morgan fingerprint density at radius 2 is 1.94 bits per heavy atom. The zero-order valence-corrected chi connectivity index (χ0v) is 11.8. The van der Waals surface area contributed by atoms with Gasteiger partial charge < -0.3 is 5.32 Å². The maximum atomic E-state index is 4.31. The quantitative estimate of drug-likeness (QED) is 0.811. The zero-order chi connectivity index (χ0) is 12.8. The highest BCUT2D eigenvalue weighted by Gasteiger charge is 2.21. The maximum absolute atomic E-state index is 4.31. The van der Waals surface area contributed by atoms with Crippen molar-refractivity contribution >= 4 is 0 Å². The lowest BCUT2D eigenvalue weighted by atomic mass is 9.86. The molecule has 0 aliphatic heterocycles. The highest BCUT2D eigenvalue weighted by molar-refractivity contribution is 5.20. The summed E-state index contributed by atoms with van der Waals surface area (Å²) >= 11 is 0. The van der Waals surface area contributed by atoms with Gasteiger partial charge in [-0.3, -0.25) is 4.98 Å². The molecule has 0 spiro atoms. The molecule has 1 aromatic heterocycles. The van der Waals surface area contributed by atoms with Gasteiger partial charge in [0.25, 0.3) is 0 Å². The van der Waals surface area contributed by atoms with Gasteiger partial charge in [0.2, 0.25) is 0 Å². The molecule has 0 radical (unpaired) electrons. The van der Waals surface area contributed by atoms with Gasteiger partial charge in [-0.2, -0.15) is 0 Å². The van der Waals surface area contributed by atoms with Crippen LogP contribution in [-0.2, 0) is 0 Å². The second kappa shape index (κ2) is 6.75. The van der Waals surface area contributed by atoms with Crippen LogP contribution in [0.4, 0.5) is 0 Å². The lowest BCUT2D eigenvalue weighted by Gasteiger charge is -2.28. The Labute approximate surface area is 106 Å². The maximum Gasteiger partial charge on any atom is 0.0363 e. The van der Waals surface area contributed by atoms with Crippen molar-refractivity contribution in [1.82, 2.24) is 10.3 Å². The highest BCUT2D eigenvalue weighted by atomic mass is 14.9. The molecule has 2 nitrogen and oxygen atoms in total. The molecular formula is C15H26N2. The fraction of sp³-hybridized carbons (Fsp3) is 0.667. The van der Waals surface area contributed by atoms with Gasteiger partial charge in [0.05, 0.1) is 0 Å². The van der Waals surface area contributed by atoms with E-state index in [-0.39, 0.29) is 0 Å². The van der Waals surface area contributed by atoms with Gasteiger partial charge in [0, 0.05) is 18.4 Å². The van der Waals surface area contributed by atoms with Crippen LogP contribution in [0.25, 0.3) is 0 Å². The summed E-state index contributed by atoms with van der Waals surface area (Å²) in [5, 5.41) is 3.65. The Bertz CT molecular complexity index is 333. The van der Waals surface area contributed by atoms with Crippen molar-refractivity contribution in [2.75, 3.05) is 6.54 Å². The summed E-state index contributed by atoms with van der Waals surface area (Å²) < 4.78 is 0. The topological polar surface area (TPSA) is 24.9 Å². The summed E-state index contributed by atoms with van der Waals surface area (Å²) in [6, 6.07) is 2.67. The highest BCUT2D eigenvalue weighted by Crippen LogP contribution is 2.27. The fourth-order valence-corrected chi connectivity index (χ4v) is 2.04. The van der Waals surface area contributed by atoms with Crippen LogP contribution in [0.15, 0.2) is 18.5 Å². The average Bonchev–Trinajstić information content (AvgIpc) is 2.29. The van der Waals surface area contributed by atoms with Crippen LogP contribution in [0.3, 0.4) is 0 Å². The van der Waals surface area contributed by atoms with Gasteiger partial charge in [0.1, 0.15) is 0 Å². The average molecular weight is 234 g/mol. The normalized spacial score (nSPS) is 14.9. The number of nitrogens with one attached hydrogen (secondary N) is 1. The molecule has 96 valence electrons. The molecule has 0 fully saturated rings. The molecule has 1 heterocycles. The summed E-state index contributed by atoms with van der Waals surface area (Å²) in [5.74, 6) is 1.29. The number of aryl methyl sites for hydroxylation is 1. The van der Waals surface area contributed by atoms with E-state index < -0.39 is 0 Å². The van der Waals surface area contributed by atoms with Crippen molar-refractivity contribution in [3.63, 3.8) is 0 Å². The summed E-state index contributed by atoms with van der Waals surface area (Å²) in [6.07, 6.45) is 5.08. The van der Waals surface area contributed by atoms with E-state index in [2.05, 4.69) is 51.0 Å². The van der Waals surface area contributed by atoms with Gasteiger partial charge in [-0.05, 0) is 42.9 Å². The molecule has 1 N–H and O–H groups in total. The van der Waals surface area contributed by atoms with Crippen LogP contribution in [0.5, 0.6) is 0 Å². The predicted molar refractivity (Wildman–Crippen MR) is 74.0 cm³/mol. The summed E-state index contributed by atoms with van der Waals surface area (Å²) in [6.45, 7) is 12.3. The van der Waals surface area contributed by atoms with Gasteiger partial charge in [-0.15, -0.1) is 0 Å². The third kappa shape index (κ3) is 4.12. The SMILES string of the molecule is CCCNC(c1cncc(C)c1)C(C)C(C)C. The Morgan fingerprint density at radius 3 is 2.47 bits per heavy atom. The van der Waals surface area contributed by atoms with Crippen molar-refractivity contribution in [2.45, 2.75) is 47.1 Å². The third-order valence-corrected chi connectivity index (χ3v) is 3.45. The van der Waals surface area contributed by atoms with E-state index >= 15 is 0 Å². The minimum absolute atomic E-state index is 0.419. The second-order valence-corrected chi connectivity index (χ2v) is 5.33. The molecule has 17 heavy (non-hydrogen) atoms. The molecule has 2 heteroatoms. The third-order valence-electron chi connectivity index (χ3n) is 3.45. The van der Waals surface area contributed by atoms with E-state index in [1.165, 1.54) is 17.5 Å². The van der Waals surface area contributed by atoms with Crippen LogP contribution in [0, 0.1) is 18.8 Å². The molecule has 0 aromatic carbocycles. The minimum atomic E-state index is 0.419. The lowest BCUT2D eigenvalue weighted by Crippen LogP contribution is -2.30. The molecule has 1 aromatic rings. The molecule has 1 rings (SSSR count). The number of hydrogen-bond donors (Lipinski definition) is 1. The Morgan fingerprint density at radius 1 is 1.24 bits per heavy atom. The molecule has 0 amide bonds. The van der Waals surface area contributed by atoms with Crippen LogP contribution < -0.4 is 5.32 Å². The number of rotatable bonds is 6. The van der Waals surface area contributed by atoms with Crippen molar-refractivity contribution in [2.24, 2.45) is 11.8 Å². The summed E-state index contributed by atoms with van der Waals surface area (Å²) in [4.78, 5) is 4.31. The van der Waals surface area contributed by atoms with Crippen molar-refractivity contribution in [3.8, 4) is 0 Å². The number of nitrogens with zero attached hydrogens (tertiary/aromatic N) is 1. The monoisotopic (exact) mass is 234 g/mol. The number of aromatic nitrogens is 1. The molecule has 0 saturated carbocycles. The second-order valence-electron chi connectivity index (χ2n) is 5.33. The van der Waals surface area contributed by atoms with Crippen molar-refractivity contribution < 1.29 is 0 Å². The Kier molecular flexibility index (Phi) is 5.63. The first-order chi connectivity index (χ1) is 8.06. The zero-order valence-electron chi connectivity index (χ0n) is 11.8. The predicted octanol–water partition coefficient (Wildman–Crippen LogP) is 3.72. The van der Waals surface area contributed by atoms with Gasteiger partial charge in [-0.1, -0.05) is 33.8 Å². The first-order valence-electron chi connectivity index (χ1n) is 6.71. The fourth-order valence-electron chi connectivity index (χ4n) is 2.04. The van der Waals surface area contributed by atoms with Crippen LogP contribution in [0.1, 0.15) is 51.3 Å². The molecule has 0 aliphatic rings. The van der Waals surface area contributed by atoms with Gasteiger partial charge >= 0.3 is 0 Å². The van der Waals surface area contributed by atoms with Crippen LogP contribution in [-0.4, -0.2) is 11.5 Å². The summed E-state index contributed by atoms with van der Waals surface area (Å²) in [7, 11) is 0. The van der Waals surface area contributed by atoms with Crippen LogP contribution in [0.2, 0.25) is 0 Å². The summed E-state index contributed by atoms with van der Waals surface area (Å²) in [5.41, 5.74) is 2.56. The Hall–Kier alpha value is -0.890. The van der Waals surface area contributed by atoms with Crippen LogP contribution >= 0.6 is 0 Å². The number of pyridine rings is 1. The van der Waals surface area contributed by atoms with Crippen molar-refractivity contribution in [1.29, 1.82) is 0 Å². The molecule has 2 unspecified atom stereocenters. The van der Waals surface area contributed by atoms with E-state index in [0.717, 1.165) is 6.54 Å². The first kappa shape index (κ1) is 14.2. The molecule has 0 saturated heterocycles. The van der Waals surface area contributed by atoms with Gasteiger partial charge in [0.15, 0.2) is 0 Å². The Balaban J connectivity index is 2.89. The molecule has 2 atom stereocenters. The van der Waals surface area contributed by atoms with E-state index in [4.69, 9.17) is 0 Å². The standard InChI is InChI=1S/C15H26N2/c1-6-7-17-15(13(5)11(2)3)14-8-12(4)9-16-10-14/h8-11,13,15,17H,6-7H2,1-5H3. The van der Waals surface area contributed by atoms with E-state index in [1.807, 2.05) is 12.4 Å². The van der Waals surface area contributed by atoms with E-state index in [1.54, 1.807) is 0 Å².